The standard InChI is InChI=1S/C16H12BrF2N3O/c17-14-9-20-10-15(22-7-1-6-21-22)13(14)8-11-2-4-12(5-3-11)23-16(18)19/h1-7,9-10,16H,8H2. The van der Waals surface area contributed by atoms with Gasteiger partial charge in [0.15, 0.2) is 0 Å². The molecule has 4 nitrogen and oxygen atoms in total. The predicted molar refractivity (Wildman–Crippen MR) is 84.9 cm³/mol. The highest BCUT2D eigenvalue weighted by molar-refractivity contribution is 9.10. The molecule has 0 saturated heterocycles. The van der Waals surface area contributed by atoms with Crippen molar-refractivity contribution >= 4 is 15.9 Å². The zero-order chi connectivity index (χ0) is 16.2. The van der Waals surface area contributed by atoms with Gasteiger partial charge in [-0.25, -0.2) is 4.68 Å². The summed E-state index contributed by atoms with van der Waals surface area (Å²) in [7, 11) is 0. The van der Waals surface area contributed by atoms with Gasteiger partial charge in [-0.05, 0) is 45.3 Å². The molecule has 2 heterocycles. The maximum atomic E-state index is 12.2. The summed E-state index contributed by atoms with van der Waals surface area (Å²) in [6, 6.07) is 8.42. The average Bonchev–Trinajstić information content (AvgIpc) is 3.05. The van der Waals surface area contributed by atoms with Crippen LogP contribution in [0.2, 0.25) is 0 Å². The minimum absolute atomic E-state index is 0.143. The minimum Gasteiger partial charge on any atom is -0.435 e. The van der Waals surface area contributed by atoms with Crippen LogP contribution in [-0.2, 0) is 6.42 Å². The van der Waals surface area contributed by atoms with E-state index >= 15 is 0 Å². The molecule has 0 saturated carbocycles. The van der Waals surface area contributed by atoms with Gasteiger partial charge in [0, 0.05) is 29.5 Å². The number of pyridine rings is 1. The van der Waals surface area contributed by atoms with Gasteiger partial charge in [0.2, 0.25) is 0 Å². The van der Waals surface area contributed by atoms with Gasteiger partial charge < -0.3 is 4.74 Å². The topological polar surface area (TPSA) is 39.9 Å². The molecule has 7 heteroatoms. The Morgan fingerprint density at radius 1 is 1.17 bits per heavy atom. The third kappa shape index (κ3) is 3.73. The molecular formula is C16H12BrF2N3O. The number of ether oxygens (including phenoxy) is 1. The molecule has 0 fully saturated rings. The summed E-state index contributed by atoms with van der Waals surface area (Å²) in [5.74, 6) is 0.143. The van der Waals surface area contributed by atoms with Crippen molar-refractivity contribution in [2.45, 2.75) is 13.0 Å². The smallest absolute Gasteiger partial charge is 0.387 e. The van der Waals surface area contributed by atoms with Crippen molar-refractivity contribution in [3.05, 3.63) is 70.7 Å². The number of rotatable bonds is 5. The molecule has 23 heavy (non-hydrogen) atoms. The highest BCUT2D eigenvalue weighted by Crippen LogP contribution is 2.26. The van der Waals surface area contributed by atoms with Crippen molar-refractivity contribution in [3.63, 3.8) is 0 Å². The molecule has 0 amide bonds. The Bertz CT molecular complexity index is 777. The van der Waals surface area contributed by atoms with Crippen molar-refractivity contribution in [1.29, 1.82) is 0 Å². The molecule has 118 valence electrons. The molecule has 0 spiro atoms. The van der Waals surface area contributed by atoms with Gasteiger partial charge in [-0.3, -0.25) is 4.98 Å². The fourth-order valence-corrected chi connectivity index (χ4v) is 2.69. The van der Waals surface area contributed by atoms with Gasteiger partial charge in [-0.15, -0.1) is 0 Å². The molecule has 0 atom stereocenters. The average molecular weight is 380 g/mol. The van der Waals surface area contributed by atoms with E-state index in [0.29, 0.717) is 6.42 Å². The van der Waals surface area contributed by atoms with Gasteiger partial charge in [0.25, 0.3) is 0 Å². The number of alkyl halides is 2. The number of halogens is 3. The van der Waals surface area contributed by atoms with Crippen molar-refractivity contribution < 1.29 is 13.5 Å². The lowest BCUT2D eigenvalue weighted by Gasteiger charge is -2.12. The van der Waals surface area contributed by atoms with E-state index < -0.39 is 6.61 Å². The summed E-state index contributed by atoms with van der Waals surface area (Å²) in [5, 5.41) is 4.23. The van der Waals surface area contributed by atoms with Crippen molar-refractivity contribution in [2.24, 2.45) is 0 Å². The second-order valence-electron chi connectivity index (χ2n) is 4.77. The first kappa shape index (κ1) is 15.6. The molecule has 3 rings (SSSR count). The molecule has 0 N–H and O–H groups in total. The largest absolute Gasteiger partial charge is 0.435 e. The first-order valence-corrected chi connectivity index (χ1v) is 7.59. The minimum atomic E-state index is -2.82. The predicted octanol–water partition coefficient (Wildman–Crippen LogP) is 4.22. The van der Waals surface area contributed by atoms with Gasteiger partial charge >= 0.3 is 6.61 Å². The fraction of sp³-hybridized carbons (Fsp3) is 0.125. The van der Waals surface area contributed by atoms with Crippen molar-refractivity contribution in [3.8, 4) is 11.4 Å². The molecular weight excluding hydrogens is 368 g/mol. The third-order valence-corrected chi connectivity index (χ3v) is 3.95. The monoisotopic (exact) mass is 379 g/mol. The summed E-state index contributed by atoms with van der Waals surface area (Å²) >= 11 is 3.51. The Kier molecular flexibility index (Phi) is 4.66. The first-order valence-electron chi connectivity index (χ1n) is 6.79. The second kappa shape index (κ2) is 6.87. The highest BCUT2D eigenvalue weighted by atomic mass is 79.9. The summed E-state index contributed by atoms with van der Waals surface area (Å²) in [4.78, 5) is 4.18. The normalized spacial score (nSPS) is 11.0. The number of hydrogen-bond acceptors (Lipinski definition) is 3. The van der Waals surface area contributed by atoms with Crippen LogP contribution in [-0.4, -0.2) is 21.4 Å². The van der Waals surface area contributed by atoms with E-state index in [0.717, 1.165) is 21.3 Å². The van der Waals surface area contributed by atoms with Crippen LogP contribution >= 0.6 is 15.9 Å². The molecule has 3 aromatic rings. The van der Waals surface area contributed by atoms with E-state index in [4.69, 9.17) is 0 Å². The second-order valence-corrected chi connectivity index (χ2v) is 5.62. The van der Waals surface area contributed by atoms with E-state index in [9.17, 15) is 8.78 Å². The summed E-state index contributed by atoms with van der Waals surface area (Å²) in [5.41, 5.74) is 2.83. The van der Waals surface area contributed by atoms with E-state index in [1.165, 1.54) is 12.1 Å². The van der Waals surface area contributed by atoms with Crippen LogP contribution in [0.15, 0.2) is 59.6 Å². The molecule has 0 aliphatic rings. The summed E-state index contributed by atoms with van der Waals surface area (Å²) in [6.07, 6.45) is 7.60. The van der Waals surface area contributed by atoms with E-state index in [2.05, 4.69) is 30.7 Å². The van der Waals surface area contributed by atoms with Crippen LogP contribution in [0, 0.1) is 0 Å². The lowest BCUT2D eigenvalue weighted by Crippen LogP contribution is -2.04. The zero-order valence-electron chi connectivity index (χ0n) is 11.9. The lowest BCUT2D eigenvalue weighted by molar-refractivity contribution is -0.0498. The van der Waals surface area contributed by atoms with E-state index in [1.807, 2.05) is 12.3 Å². The maximum Gasteiger partial charge on any atom is 0.387 e. The maximum absolute atomic E-state index is 12.2. The fourth-order valence-electron chi connectivity index (χ4n) is 2.23. The lowest BCUT2D eigenvalue weighted by atomic mass is 10.0. The first-order chi connectivity index (χ1) is 11.1. The SMILES string of the molecule is FC(F)Oc1ccc(Cc2c(Br)cncc2-n2cccn2)cc1. The molecule has 0 unspecified atom stereocenters. The Morgan fingerprint density at radius 2 is 1.96 bits per heavy atom. The van der Waals surface area contributed by atoms with Crippen LogP contribution in [0.1, 0.15) is 11.1 Å². The quantitative estimate of drug-likeness (QED) is 0.666. The van der Waals surface area contributed by atoms with Crippen LogP contribution in [0.3, 0.4) is 0 Å². The third-order valence-electron chi connectivity index (χ3n) is 3.26. The highest BCUT2D eigenvalue weighted by Gasteiger charge is 2.11. The van der Waals surface area contributed by atoms with Crippen LogP contribution in [0.5, 0.6) is 5.75 Å². The molecule has 0 radical (unpaired) electrons. The molecule has 0 aliphatic carbocycles. The van der Waals surface area contributed by atoms with Crippen molar-refractivity contribution in [2.75, 3.05) is 0 Å². The molecule has 2 aromatic heterocycles. The number of aromatic nitrogens is 3. The summed E-state index contributed by atoms with van der Waals surface area (Å²) in [6.45, 7) is -2.82. The van der Waals surface area contributed by atoms with Gasteiger partial charge in [0.05, 0.1) is 11.9 Å². The number of hydrogen-bond donors (Lipinski definition) is 0. The van der Waals surface area contributed by atoms with Gasteiger partial charge in [0.1, 0.15) is 5.75 Å². The van der Waals surface area contributed by atoms with E-state index in [1.54, 1.807) is 35.4 Å². The van der Waals surface area contributed by atoms with Crippen LogP contribution < -0.4 is 4.74 Å². The Hall–Kier alpha value is -2.28. The number of benzene rings is 1. The van der Waals surface area contributed by atoms with Gasteiger partial charge in [-0.2, -0.15) is 13.9 Å². The Labute approximate surface area is 139 Å². The van der Waals surface area contributed by atoms with E-state index in [-0.39, 0.29) is 5.75 Å². The van der Waals surface area contributed by atoms with Crippen LogP contribution in [0.25, 0.3) is 5.69 Å². The summed E-state index contributed by atoms with van der Waals surface area (Å²) < 4.78 is 31.3. The zero-order valence-corrected chi connectivity index (χ0v) is 13.5. The molecule has 0 bridgehead atoms. The number of nitrogens with zero attached hydrogens (tertiary/aromatic N) is 3. The Balaban J connectivity index is 1.88. The van der Waals surface area contributed by atoms with Crippen molar-refractivity contribution in [1.82, 2.24) is 14.8 Å². The van der Waals surface area contributed by atoms with Crippen LogP contribution in [0.4, 0.5) is 8.78 Å². The molecule has 0 aliphatic heterocycles. The molecule has 1 aromatic carbocycles. The Morgan fingerprint density at radius 3 is 2.61 bits per heavy atom. The van der Waals surface area contributed by atoms with Gasteiger partial charge in [-0.1, -0.05) is 12.1 Å².